The van der Waals surface area contributed by atoms with Gasteiger partial charge < -0.3 is 14.8 Å². The summed E-state index contributed by atoms with van der Waals surface area (Å²) in [4.78, 5) is 16.4. The third-order valence-electron chi connectivity index (χ3n) is 3.46. The van der Waals surface area contributed by atoms with Crippen molar-refractivity contribution >= 4 is 17.0 Å². The van der Waals surface area contributed by atoms with Gasteiger partial charge in [0.2, 0.25) is 0 Å². The molecule has 20 heavy (non-hydrogen) atoms. The predicted octanol–water partition coefficient (Wildman–Crippen LogP) is 2.20. The van der Waals surface area contributed by atoms with Crippen LogP contribution in [0.2, 0.25) is 0 Å². The van der Waals surface area contributed by atoms with Crippen molar-refractivity contribution in [3.05, 3.63) is 17.8 Å². The van der Waals surface area contributed by atoms with Crippen LogP contribution in [0.3, 0.4) is 0 Å². The van der Waals surface area contributed by atoms with E-state index in [2.05, 4.69) is 30.4 Å². The van der Waals surface area contributed by atoms with Gasteiger partial charge >= 0.3 is 0 Å². The molecule has 7 nitrogen and oxygen atoms in total. The first kappa shape index (κ1) is 11.4. The first-order valence-electron chi connectivity index (χ1n) is 6.63. The molecule has 0 saturated heterocycles. The van der Waals surface area contributed by atoms with Gasteiger partial charge in [-0.3, -0.25) is 0 Å². The fourth-order valence-electron chi connectivity index (χ4n) is 2.27. The maximum atomic E-state index is 5.20. The Hall–Kier alpha value is -2.44. The number of aryl methyl sites for hydroxylation is 2. The lowest BCUT2D eigenvalue weighted by atomic mass is 10.2. The van der Waals surface area contributed by atoms with E-state index in [4.69, 9.17) is 4.52 Å². The molecule has 1 saturated carbocycles. The number of nitrogens with zero attached hydrogens (tertiary/aromatic N) is 4. The average Bonchev–Trinajstić information content (AvgIpc) is 2.99. The summed E-state index contributed by atoms with van der Waals surface area (Å²) in [6, 6.07) is 0.508. The standard InChI is InChI=1S/C13H14N6O/c1-6-9(7(2)20-19-6)11-17-12-10(14-5-15-12)13(18-11)16-8-3-4-8/h5,8H,3-4H2,1-2H3,(H2,14,15,16,17,18). The number of rotatable bonds is 3. The molecule has 7 heteroatoms. The summed E-state index contributed by atoms with van der Waals surface area (Å²) in [5.41, 5.74) is 3.12. The van der Waals surface area contributed by atoms with Gasteiger partial charge in [0.15, 0.2) is 17.3 Å². The Balaban J connectivity index is 1.91. The Labute approximate surface area is 114 Å². The molecule has 1 fully saturated rings. The van der Waals surface area contributed by atoms with Crippen LogP contribution in [-0.4, -0.2) is 31.1 Å². The topological polar surface area (TPSA) is 92.5 Å². The molecule has 0 atom stereocenters. The largest absolute Gasteiger partial charge is 0.365 e. The lowest BCUT2D eigenvalue weighted by Crippen LogP contribution is -2.06. The molecule has 4 rings (SSSR count). The molecule has 3 aromatic rings. The molecule has 1 aliphatic rings. The Morgan fingerprint density at radius 3 is 2.85 bits per heavy atom. The van der Waals surface area contributed by atoms with E-state index in [1.807, 2.05) is 13.8 Å². The minimum Gasteiger partial charge on any atom is -0.365 e. The van der Waals surface area contributed by atoms with E-state index in [-0.39, 0.29) is 0 Å². The molecule has 3 aromatic heterocycles. The molecule has 0 bridgehead atoms. The van der Waals surface area contributed by atoms with Crippen LogP contribution in [0.25, 0.3) is 22.6 Å². The summed E-state index contributed by atoms with van der Waals surface area (Å²) in [6.07, 6.45) is 4.00. The number of aromatic amines is 1. The summed E-state index contributed by atoms with van der Waals surface area (Å²) in [6.45, 7) is 3.75. The SMILES string of the molecule is Cc1noc(C)c1-c1nc(NC2CC2)c2[nH]cnc2n1. The van der Waals surface area contributed by atoms with Gasteiger partial charge in [0.1, 0.15) is 11.3 Å². The number of anilines is 1. The van der Waals surface area contributed by atoms with Gasteiger partial charge in [-0.1, -0.05) is 5.16 Å². The van der Waals surface area contributed by atoms with E-state index in [1.54, 1.807) is 6.33 Å². The monoisotopic (exact) mass is 270 g/mol. The van der Waals surface area contributed by atoms with Gasteiger partial charge in [0.25, 0.3) is 0 Å². The molecule has 0 radical (unpaired) electrons. The molecule has 0 amide bonds. The van der Waals surface area contributed by atoms with Gasteiger partial charge in [0, 0.05) is 6.04 Å². The zero-order valence-electron chi connectivity index (χ0n) is 11.3. The number of H-pyrrole nitrogens is 1. The van der Waals surface area contributed by atoms with Crippen molar-refractivity contribution in [3.63, 3.8) is 0 Å². The normalized spacial score (nSPS) is 14.9. The summed E-state index contributed by atoms with van der Waals surface area (Å²) in [5.74, 6) is 2.11. The Bertz CT molecular complexity index is 766. The van der Waals surface area contributed by atoms with E-state index in [0.717, 1.165) is 28.4 Å². The van der Waals surface area contributed by atoms with Crippen LogP contribution in [-0.2, 0) is 0 Å². The fourth-order valence-corrected chi connectivity index (χ4v) is 2.27. The zero-order valence-corrected chi connectivity index (χ0v) is 11.3. The van der Waals surface area contributed by atoms with Crippen LogP contribution >= 0.6 is 0 Å². The first-order chi connectivity index (χ1) is 9.72. The second kappa shape index (κ2) is 4.03. The van der Waals surface area contributed by atoms with Gasteiger partial charge in [-0.15, -0.1) is 0 Å². The van der Waals surface area contributed by atoms with Gasteiger partial charge in [0.05, 0.1) is 17.6 Å². The summed E-state index contributed by atoms with van der Waals surface area (Å²) >= 11 is 0. The minimum atomic E-state index is 0.508. The molecule has 0 unspecified atom stereocenters. The van der Waals surface area contributed by atoms with Crippen molar-refractivity contribution in [2.24, 2.45) is 0 Å². The summed E-state index contributed by atoms with van der Waals surface area (Å²) in [7, 11) is 0. The Morgan fingerprint density at radius 1 is 1.30 bits per heavy atom. The highest BCUT2D eigenvalue weighted by Crippen LogP contribution is 2.30. The maximum absolute atomic E-state index is 5.20. The number of aromatic nitrogens is 5. The number of fused-ring (bicyclic) bond motifs is 1. The van der Waals surface area contributed by atoms with E-state index >= 15 is 0 Å². The van der Waals surface area contributed by atoms with Crippen molar-refractivity contribution in [1.29, 1.82) is 0 Å². The van der Waals surface area contributed by atoms with Crippen molar-refractivity contribution in [1.82, 2.24) is 25.1 Å². The minimum absolute atomic E-state index is 0.508. The first-order valence-corrected chi connectivity index (χ1v) is 6.63. The molecular formula is C13H14N6O. The molecule has 0 aromatic carbocycles. The van der Waals surface area contributed by atoms with E-state index in [1.165, 1.54) is 12.8 Å². The van der Waals surface area contributed by atoms with Gasteiger partial charge in [-0.2, -0.15) is 0 Å². The maximum Gasteiger partial charge on any atom is 0.183 e. The average molecular weight is 270 g/mol. The third-order valence-corrected chi connectivity index (χ3v) is 3.46. The van der Waals surface area contributed by atoms with Crippen molar-refractivity contribution in [3.8, 4) is 11.4 Å². The van der Waals surface area contributed by atoms with E-state index < -0.39 is 0 Å². The molecule has 102 valence electrons. The molecular weight excluding hydrogens is 256 g/mol. The number of hydrogen-bond acceptors (Lipinski definition) is 6. The quantitative estimate of drug-likeness (QED) is 0.758. The predicted molar refractivity (Wildman–Crippen MR) is 73.3 cm³/mol. The summed E-state index contributed by atoms with van der Waals surface area (Å²) in [5, 5.41) is 7.37. The lowest BCUT2D eigenvalue weighted by molar-refractivity contribution is 0.393. The Morgan fingerprint density at radius 2 is 2.15 bits per heavy atom. The van der Waals surface area contributed by atoms with Crippen LogP contribution < -0.4 is 5.32 Å². The van der Waals surface area contributed by atoms with E-state index in [9.17, 15) is 0 Å². The van der Waals surface area contributed by atoms with Crippen LogP contribution in [0.1, 0.15) is 24.3 Å². The second-order valence-corrected chi connectivity index (χ2v) is 5.11. The molecule has 3 heterocycles. The molecule has 0 spiro atoms. The Kier molecular flexibility index (Phi) is 2.29. The van der Waals surface area contributed by atoms with Crippen LogP contribution in [0.4, 0.5) is 5.82 Å². The highest BCUT2D eigenvalue weighted by molar-refractivity contribution is 5.85. The summed E-state index contributed by atoms with van der Waals surface area (Å²) < 4.78 is 5.20. The third kappa shape index (κ3) is 1.74. The van der Waals surface area contributed by atoms with Gasteiger partial charge in [-0.05, 0) is 26.7 Å². The number of hydrogen-bond donors (Lipinski definition) is 2. The number of imidazole rings is 1. The lowest BCUT2D eigenvalue weighted by Gasteiger charge is -2.06. The number of nitrogens with one attached hydrogen (secondary N) is 2. The zero-order chi connectivity index (χ0) is 13.7. The van der Waals surface area contributed by atoms with Crippen LogP contribution in [0.15, 0.2) is 10.9 Å². The molecule has 1 aliphatic carbocycles. The molecule has 0 aliphatic heterocycles. The smallest absolute Gasteiger partial charge is 0.183 e. The van der Waals surface area contributed by atoms with Gasteiger partial charge in [-0.25, -0.2) is 15.0 Å². The highest BCUT2D eigenvalue weighted by atomic mass is 16.5. The van der Waals surface area contributed by atoms with Crippen molar-refractivity contribution in [2.75, 3.05) is 5.32 Å². The van der Waals surface area contributed by atoms with Crippen LogP contribution in [0, 0.1) is 13.8 Å². The van der Waals surface area contributed by atoms with E-state index in [0.29, 0.717) is 17.5 Å². The van der Waals surface area contributed by atoms with Crippen molar-refractivity contribution in [2.45, 2.75) is 32.7 Å². The van der Waals surface area contributed by atoms with Crippen molar-refractivity contribution < 1.29 is 4.52 Å². The van der Waals surface area contributed by atoms with Crippen LogP contribution in [0.5, 0.6) is 0 Å². The highest BCUT2D eigenvalue weighted by Gasteiger charge is 2.24. The molecule has 2 N–H and O–H groups in total. The fraction of sp³-hybridized carbons (Fsp3) is 0.385. The second-order valence-electron chi connectivity index (χ2n) is 5.11.